The molecule has 0 radical (unpaired) electrons. The molecule has 1 unspecified atom stereocenters. The molecule has 108 valence electrons. The number of ether oxygens (including phenoxy) is 1. The van der Waals surface area contributed by atoms with E-state index in [4.69, 9.17) is 27.9 Å². The van der Waals surface area contributed by atoms with E-state index in [0.29, 0.717) is 5.02 Å². The summed E-state index contributed by atoms with van der Waals surface area (Å²) in [5.74, 6) is 0.132. The Morgan fingerprint density at radius 2 is 1.79 bits per heavy atom. The number of methoxy groups -OCH3 is 1. The Bertz CT molecular complexity index is 439. The van der Waals surface area contributed by atoms with Crippen molar-refractivity contribution in [1.82, 2.24) is 4.72 Å². The van der Waals surface area contributed by atoms with Gasteiger partial charge in [-0.3, -0.25) is 0 Å². The van der Waals surface area contributed by atoms with E-state index in [1.165, 1.54) is 7.11 Å². The third kappa shape index (κ3) is 4.17. The van der Waals surface area contributed by atoms with Gasteiger partial charge in [-0.1, -0.05) is 23.7 Å². The van der Waals surface area contributed by atoms with Gasteiger partial charge in [0.05, 0.1) is 21.6 Å². The first-order valence-corrected chi connectivity index (χ1v) is 7.88. The van der Waals surface area contributed by atoms with E-state index in [1.807, 2.05) is 20.8 Å². The number of alkyl halides is 1. The Labute approximate surface area is 127 Å². The minimum Gasteiger partial charge on any atom is -0.357 e. The van der Waals surface area contributed by atoms with Crippen LogP contribution >= 0.6 is 23.2 Å². The van der Waals surface area contributed by atoms with E-state index < -0.39 is 21.5 Å². The van der Waals surface area contributed by atoms with Crippen molar-refractivity contribution >= 4 is 34.2 Å². The number of nitrogens with one attached hydrogen (secondary N) is 1. The highest BCUT2D eigenvalue weighted by Crippen LogP contribution is 2.27. The zero-order chi connectivity index (χ0) is 14.7. The first-order chi connectivity index (χ1) is 8.75. The van der Waals surface area contributed by atoms with Crippen LogP contribution in [0.1, 0.15) is 26.3 Å². The standard InChI is InChI=1S/C13H19Cl2NO2S/c1-12(2,3)19(17)16-13(9-14,18-4)10-5-7-11(15)8-6-10/h5-8,16H,9H2,1-4H3/t13?,19-/m1/s1. The third-order valence-electron chi connectivity index (χ3n) is 2.66. The average molecular weight is 324 g/mol. The molecule has 19 heavy (non-hydrogen) atoms. The van der Waals surface area contributed by atoms with Gasteiger partial charge in [-0.2, -0.15) is 0 Å². The highest BCUT2D eigenvalue weighted by Gasteiger charge is 2.36. The Morgan fingerprint density at radius 3 is 2.16 bits per heavy atom. The zero-order valence-corrected chi connectivity index (χ0v) is 13.8. The predicted molar refractivity (Wildman–Crippen MR) is 81.9 cm³/mol. The van der Waals surface area contributed by atoms with Crippen LogP contribution in [-0.2, 0) is 21.4 Å². The second-order valence-corrected chi connectivity index (χ2v) is 7.82. The van der Waals surface area contributed by atoms with Crippen LogP contribution < -0.4 is 4.72 Å². The molecule has 0 spiro atoms. The highest BCUT2D eigenvalue weighted by atomic mass is 35.5. The summed E-state index contributed by atoms with van der Waals surface area (Å²) in [6.45, 7) is 5.64. The van der Waals surface area contributed by atoms with Crippen molar-refractivity contribution in [3.8, 4) is 0 Å². The van der Waals surface area contributed by atoms with Gasteiger partial charge < -0.3 is 4.74 Å². The SMILES string of the molecule is COC(CCl)(N[S@](=O)C(C)(C)C)c1ccc(Cl)cc1. The maximum absolute atomic E-state index is 12.3. The molecule has 1 N–H and O–H groups in total. The maximum Gasteiger partial charge on any atom is 0.169 e. The van der Waals surface area contributed by atoms with Gasteiger partial charge in [0.1, 0.15) is 0 Å². The fourth-order valence-corrected chi connectivity index (χ4v) is 2.81. The highest BCUT2D eigenvalue weighted by molar-refractivity contribution is 7.84. The minimum absolute atomic E-state index is 0.132. The molecule has 3 nitrogen and oxygen atoms in total. The molecule has 0 aliphatic carbocycles. The molecule has 1 aromatic carbocycles. The van der Waals surface area contributed by atoms with Crippen molar-refractivity contribution in [2.24, 2.45) is 0 Å². The summed E-state index contributed by atoms with van der Waals surface area (Å²) in [7, 11) is 0.227. The third-order valence-corrected chi connectivity index (χ3v) is 4.92. The number of hydrogen-bond donors (Lipinski definition) is 1. The lowest BCUT2D eigenvalue weighted by Crippen LogP contribution is -2.50. The molecule has 0 aliphatic heterocycles. The van der Waals surface area contributed by atoms with Crippen LogP contribution in [-0.4, -0.2) is 21.9 Å². The topological polar surface area (TPSA) is 38.3 Å². The zero-order valence-electron chi connectivity index (χ0n) is 11.5. The van der Waals surface area contributed by atoms with E-state index in [9.17, 15) is 4.21 Å². The van der Waals surface area contributed by atoms with Crippen LogP contribution in [0.2, 0.25) is 5.02 Å². The first-order valence-electron chi connectivity index (χ1n) is 5.82. The van der Waals surface area contributed by atoms with Crippen LogP contribution in [0.15, 0.2) is 24.3 Å². The summed E-state index contributed by atoms with van der Waals surface area (Å²) in [6.07, 6.45) is 0. The summed E-state index contributed by atoms with van der Waals surface area (Å²) in [4.78, 5) is 0. The lowest BCUT2D eigenvalue weighted by molar-refractivity contribution is -0.00413. The molecule has 0 aliphatic rings. The fraction of sp³-hybridized carbons (Fsp3) is 0.538. The molecule has 1 aromatic rings. The van der Waals surface area contributed by atoms with Gasteiger partial charge in [-0.15, -0.1) is 11.6 Å². The Kier molecular flexibility index (Phi) is 5.83. The summed E-state index contributed by atoms with van der Waals surface area (Å²) in [5.41, 5.74) is -0.211. The van der Waals surface area contributed by atoms with Crippen LogP contribution in [0.25, 0.3) is 0 Å². The monoisotopic (exact) mass is 323 g/mol. The predicted octanol–water partition coefficient (Wildman–Crippen LogP) is 3.43. The van der Waals surface area contributed by atoms with Crippen molar-refractivity contribution in [2.45, 2.75) is 31.2 Å². The van der Waals surface area contributed by atoms with Gasteiger partial charge in [0.15, 0.2) is 5.72 Å². The molecular formula is C13H19Cl2NO2S. The molecule has 0 amide bonds. The lowest BCUT2D eigenvalue weighted by atomic mass is 10.1. The van der Waals surface area contributed by atoms with E-state index in [-0.39, 0.29) is 5.88 Å². The van der Waals surface area contributed by atoms with Crippen molar-refractivity contribution < 1.29 is 8.95 Å². The normalized spacial score (nSPS) is 16.9. The van der Waals surface area contributed by atoms with Gasteiger partial charge in [0.2, 0.25) is 0 Å². The van der Waals surface area contributed by atoms with E-state index in [1.54, 1.807) is 24.3 Å². The number of benzene rings is 1. The molecule has 0 saturated heterocycles. The van der Waals surface area contributed by atoms with Crippen LogP contribution in [0.5, 0.6) is 0 Å². The van der Waals surface area contributed by atoms with Crippen molar-refractivity contribution in [3.63, 3.8) is 0 Å². The second kappa shape index (κ2) is 6.55. The molecule has 1 rings (SSSR count). The molecule has 0 saturated carbocycles. The van der Waals surface area contributed by atoms with E-state index >= 15 is 0 Å². The summed E-state index contributed by atoms with van der Waals surface area (Å²) < 4.78 is 20.3. The first kappa shape index (κ1) is 16.9. The number of rotatable bonds is 5. The van der Waals surface area contributed by atoms with E-state index in [0.717, 1.165) is 5.56 Å². The van der Waals surface area contributed by atoms with Crippen molar-refractivity contribution in [3.05, 3.63) is 34.9 Å². The van der Waals surface area contributed by atoms with Crippen LogP contribution in [0.4, 0.5) is 0 Å². The number of hydrogen-bond acceptors (Lipinski definition) is 2. The summed E-state index contributed by atoms with van der Waals surface area (Å²) >= 11 is 11.9. The average Bonchev–Trinajstić information content (AvgIpc) is 2.36. The molecule has 2 atom stereocenters. The van der Waals surface area contributed by atoms with Gasteiger partial charge in [0, 0.05) is 17.7 Å². The molecule has 0 heterocycles. The largest absolute Gasteiger partial charge is 0.357 e. The van der Waals surface area contributed by atoms with Gasteiger partial charge in [0.25, 0.3) is 0 Å². The lowest BCUT2D eigenvalue weighted by Gasteiger charge is -2.34. The maximum atomic E-state index is 12.3. The Morgan fingerprint density at radius 1 is 1.26 bits per heavy atom. The molecule has 0 bridgehead atoms. The molecule has 6 heteroatoms. The second-order valence-electron chi connectivity index (χ2n) is 5.15. The quantitative estimate of drug-likeness (QED) is 0.666. The smallest absolute Gasteiger partial charge is 0.169 e. The molecular weight excluding hydrogens is 305 g/mol. The van der Waals surface area contributed by atoms with Crippen molar-refractivity contribution in [2.75, 3.05) is 13.0 Å². The van der Waals surface area contributed by atoms with E-state index in [2.05, 4.69) is 4.72 Å². The van der Waals surface area contributed by atoms with Crippen molar-refractivity contribution in [1.29, 1.82) is 0 Å². The Balaban J connectivity index is 3.10. The molecule has 0 aromatic heterocycles. The Hall–Kier alpha value is -0.130. The van der Waals surface area contributed by atoms with Gasteiger partial charge in [-0.25, -0.2) is 8.93 Å². The summed E-state index contributed by atoms with van der Waals surface area (Å²) in [5, 5.41) is 0.625. The van der Waals surface area contributed by atoms with Gasteiger partial charge in [-0.05, 0) is 32.9 Å². The minimum atomic E-state index is -1.30. The molecule has 0 fully saturated rings. The summed E-state index contributed by atoms with van der Waals surface area (Å²) in [6, 6.07) is 7.11. The van der Waals surface area contributed by atoms with Crippen LogP contribution in [0.3, 0.4) is 0 Å². The van der Waals surface area contributed by atoms with Crippen LogP contribution in [0, 0.1) is 0 Å². The fourth-order valence-electron chi connectivity index (χ4n) is 1.40. The number of halogens is 2. The van der Waals surface area contributed by atoms with Gasteiger partial charge >= 0.3 is 0 Å².